The molecule has 1 unspecified atom stereocenters. The number of benzene rings is 1. The molecule has 1 atom stereocenters. The van der Waals surface area contributed by atoms with Crippen LogP contribution in [0.5, 0.6) is 11.5 Å². The van der Waals surface area contributed by atoms with Crippen LogP contribution in [0.15, 0.2) is 12.1 Å². The van der Waals surface area contributed by atoms with Crippen molar-refractivity contribution in [1.29, 1.82) is 0 Å². The van der Waals surface area contributed by atoms with Crippen LogP contribution in [0, 0.1) is 22.0 Å². The molecule has 9 heteroatoms. The van der Waals surface area contributed by atoms with Gasteiger partial charge in [0, 0.05) is 18.5 Å². The molecule has 0 spiro atoms. The van der Waals surface area contributed by atoms with E-state index in [1.807, 2.05) is 0 Å². The average Bonchev–Trinajstić information content (AvgIpc) is 2.67. The van der Waals surface area contributed by atoms with Crippen LogP contribution in [0.4, 0.5) is 5.69 Å². The fourth-order valence-corrected chi connectivity index (χ4v) is 3.56. The molecule has 1 saturated heterocycles. The summed E-state index contributed by atoms with van der Waals surface area (Å²) in [4.78, 5) is 23.1. The van der Waals surface area contributed by atoms with Gasteiger partial charge in [-0.3, -0.25) is 14.9 Å². The molecule has 1 aliphatic heterocycles. The molecular weight excluding hydrogens is 386 g/mol. The van der Waals surface area contributed by atoms with E-state index in [0.29, 0.717) is 48.3 Å². The lowest BCUT2D eigenvalue weighted by molar-refractivity contribution is -0.385. The summed E-state index contributed by atoms with van der Waals surface area (Å²) < 4.78 is 10.3. The summed E-state index contributed by atoms with van der Waals surface area (Å²) in [5.41, 5.74) is 0.467. The molecule has 1 heterocycles. The van der Waals surface area contributed by atoms with Gasteiger partial charge in [-0.1, -0.05) is 6.92 Å². The normalized spacial score (nSPS) is 15.2. The Bertz CT molecular complexity index is 665. The van der Waals surface area contributed by atoms with Gasteiger partial charge >= 0.3 is 0 Å². The van der Waals surface area contributed by atoms with Gasteiger partial charge in [-0.2, -0.15) is 0 Å². The van der Waals surface area contributed by atoms with E-state index in [9.17, 15) is 14.9 Å². The Morgan fingerprint density at radius 2 is 1.89 bits per heavy atom. The molecular formula is C19H30ClN3O5. The third-order valence-electron chi connectivity index (χ3n) is 5.19. The van der Waals surface area contributed by atoms with E-state index >= 15 is 0 Å². The van der Waals surface area contributed by atoms with Crippen LogP contribution < -0.4 is 20.1 Å². The Labute approximate surface area is 171 Å². The Morgan fingerprint density at radius 3 is 2.46 bits per heavy atom. The number of hydrogen-bond acceptors (Lipinski definition) is 6. The Kier molecular flexibility index (Phi) is 10.0. The number of nitro groups is 1. The molecule has 8 nitrogen and oxygen atoms in total. The lowest BCUT2D eigenvalue weighted by Gasteiger charge is -2.27. The van der Waals surface area contributed by atoms with Crippen LogP contribution in [0.1, 0.15) is 31.7 Å². The summed E-state index contributed by atoms with van der Waals surface area (Å²) in [6.45, 7) is 4.49. The Hall–Kier alpha value is -2.06. The SMILES string of the molecule is COc1cc(CCNC(=O)CC(C)C2CCNCC2)c([N+](=O)[O-])cc1OC.Cl. The van der Waals surface area contributed by atoms with Gasteiger partial charge in [-0.15, -0.1) is 12.4 Å². The summed E-state index contributed by atoms with van der Waals surface area (Å²) in [6, 6.07) is 2.95. The molecule has 1 aromatic rings. The van der Waals surface area contributed by atoms with Gasteiger partial charge in [-0.25, -0.2) is 0 Å². The standard InChI is InChI=1S/C19H29N3O5.ClH/c1-13(14-4-7-20-8-5-14)10-19(23)21-9-6-15-11-17(26-2)18(27-3)12-16(15)22(24)25;/h11-14,20H,4-10H2,1-3H3,(H,21,23);1H. The average molecular weight is 416 g/mol. The van der Waals surface area contributed by atoms with Crippen molar-refractivity contribution in [2.45, 2.75) is 32.6 Å². The van der Waals surface area contributed by atoms with E-state index in [1.54, 1.807) is 6.07 Å². The number of hydrogen-bond donors (Lipinski definition) is 2. The first-order chi connectivity index (χ1) is 13.0. The van der Waals surface area contributed by atoms with E-state index < -0.39 is 4.92 Å². The predicted octanol–water partition coefficient (Wildman–Crippen LogP) is 2.72. The molecule has 1 aromatic carbocycles. The third kappa shape index (κ3) is 6.53. The van der Waals surface area contributed by atoms with Crippen molar-refractivity contribution >= 4 is 24.0 Å². The van der Waals surface area contributed by atoms with Crippen LogP contribution in [0.2, 0.25) is 0 Å². The minimum atomic E-state index is -0.446. The molecule has 0 bridgehead atoms. The van der Waals surface area contributed by atoms with Crippen LogP contribution >= 0.6 is 12.4 Å². The van der Waals surface area contributed by atoms with Gasteiger partial charge in [-0.05, 0) is 50.3 Å². The molecule has 158 valence electrons. The highest BCUT2D eigenvalue weighted by Gasteiger charge is 2.22. The van der Waals surface area contributed by atoms with Gasteiger partial charge in [0.15, 0.2) is 11.5 Å². The zero-order valence-electron chi connectivity index (χ0n) is 16.7. The van der Waals surface area contributed by atoms with Gasteiger partial charge in [0.25, 0.3) is 5.69 Å². The maximum Gasteiger partial charge on any atom is 0.276 e. The van der Waals surface area contributed by atoms with Crippen LogP contribution in [-0.2, 0) is 11.2 Å². The first kappa shape index (κ1) is 24.0. The summed E-state index contributed by atoms with van der Waals surface area (Å²) in [6.07, 6.45) is 3.04. The van der Waals surface area contributed by atoms with E-state index in [4.69, 9.17) is 9.47 Å². The van der Waals surface area contributed by atoms with Crippen LogP contribution in [0.3, 0.4) is 0 Å². The van der Waals surface area contributed by atoms with E-state index in [2.05, 4.69) is 17.6 Å². The number of rotatable bonds is 9. The Morgan fingerprint density at radius 1 is 1.29 bits per heavy atom. The first-order valence-corrected chi connectivity index (χ1v) is 9.33. The predicted molar refractivity (Wildman–Crippen MR) is 110 cm³/mol. The molecule has 0 radical (unpaired) electrons. The van der Waals surface area contributed by atoms with Crippen molar-refractivity contribution in [3.05, 3.63) is 27.8 Å². The number of ether oxygens (including phenoxy) is 2. The Balaban J connectivity index is 0.00000392. The zero-order valence-corrected chi connectivity index (χ0v) is 17.5. The second-order valence-corrected chi connectivity index (χ2v) is 6.96. The smallest absolute Gasteiger partial charge is 0.276 e. The lowest BCUT2D eigenvalue weighted by atomic mass is 9.84. The quantitative estimate of drug-likeness (QED) is 0.475. The number of nitrogens with zero attached hydrogens (tertiary/aromatic N) is 1. The number of carbonyl (C=O) groups is 1. The molecule has 1 aliphatic rings. The minimum absolute atomic E-state index is 0. The van der Waals surface area contributed by atoms with Crippen molar-refractivity contribution < 1.29 is 19.2 Å². The molecule has 0 aromatic heterocycles. The fourth-order valence-electron chi connectivity index (χ4n) is 3.56. The zero-order chi connectivity index (χ0) is 19.8. The third-order valence-corrected chi connectivity index (χ3v) is 5.19. The topological polar surface area (TPSA) is 103 Å². The first-order valence-electron chi connectivity index (χ1n) is 9.33. The number of halogens is 1. The monoisotopic (exact) mass is 415 g/mol. The number of carbonyl (C=O) groups excluding carboxylic acids is 1. The molecule has 2 rings (SSSR count). The molecule has 2 N–H and O–H groups in total. The summed E-state index contributed by atoms with van der Waals surface area (Å²) in [5, 5.41) is 17.5. The highest BCUT2D eigenvalue weighted by Crippen LogP contribution is 2.34. The van der Waals surface area contributed by atoms with Crippen LogP contribution in [0.25, 0.3) is 0 Å². The van der Waals surface area contributed by atoms with E-state index in [1.165, 1.54) is 20.3 Å². The second-order valence-electron chi connectivity index (χ2n) is 6.96. The van der Waals surface area contributed by atoms with Gasteiger partial charge in [0.05, 0.1) is 25.2 Å². The van der Waals surface area contributed by atoms with E-state index in [0.717, 1.165) is 25.9 Å². The maximum absolute atomic E-state index is 12.2. The van der Waals surface area contributed by atoms with Crippen molar-refractivity contribution in [1.82, 2.24) is 10.6 Å². The molecule has 28 heavy (non-hydrogen) atoms. The summed E-state index contributed by atoms with van der Waals surface area (Å²) in [5.74, 6) is 1.65. The van der Waals surface area contributed by atoms with Crippen molar-refractivity contribution in [2.75, 3.05) is 33.9 Å². The maximum atomic E-state index is 12.2. The highest BCUT2D eigenvalue weighted by molar-refractivity contribution is 5.85. The molecule has 0 aliphatic carbocycles. The number of methoxy groups -OCH3 is 2. The van der Waals surface area contributed by atoms with Gasteiger partial charge in [0.2, 0.25) is 5.91 Å². The highest BCUT2D eigenvalue weighted by atomic mass is 35.5. The molecule has 1 fully saturated rings. The number of piperidine rings is 1. The number of nitrogens with one attached hydrogen (secondary N) is 2. The van der Waals surface area contributed by atoms with Crippen LogP contribution in [-0.4, -0.2) is 44.7 Å². The number of amides is 1. The van der Waals surface area contributed by atoms with Gasteiger partial charge < -0.3 is 20.1 Å². The second kappa shape index (κ2) is 11.7. The van der Waals surface area contributed by atoms with Crippen molar-refractivity contribution in [3.63, 3.8) is 0 Å². The molecule has 0 saturated carbocycles. The summed E-state index contributed by atoms with van der Waals surface area (Å²) >= 11 is 0. The van der Waals surface area contributed by atoms with E-state index in [-0.39, 0.29) is 24.0 Å². The van der Waals surface area contributed by atoms with Gasteiger partial charge in [0.1, 0.15) is 0 Å². The lowest BCUT2D eigenvalue weighted by Crippen LogP contribution is -2.34. The summed E-state index contributed by atoms with van der Waals surface area (Å²) in [7, 11) is 2.92. The van der Waals surface area contributed by atoms with Crippen molar-refractivity contribution in [3.8, 4) is 11.5 Å². The number of nitro benzene ring substituents is 1. The fraction of sp³-hybridized carbons (Fsp3) is 0.632. The van der Waals surface area contributed by atoms with Crippen molar-refractivity contribution in [2.24, 2.45) is 11.8 Å². The minimum Gasteiger partial charge on any atom is -0.493 e. The largest absolute Gasteiger partial charge is 0.493 e. The molecule has 1 amide bonds.